The van der Waals surface area contributed by atoms with Crippen LogP contribution in [0.25, 0.3) is 0 Å². The number of carbonyl (C=O) groups is 3. The topological polar surface area (TPSA) is 82.1 Å². The van der Waals surface area contributed by atoms with Crippen LogP contribution in [0, 0.1) is 5.92 Å². The summed E-state index contributed by atoms with van der Waals surface area (Å²) in [6.45, 7) is 6.16. The molecule has 0 saturated heterocycles. The predicted octanol–water partition coefficient (Wildman–Crippen LogP) is 6.57. The molecule has 0 aliphatic rings. The van der Waals surface area contributed by atoms with Gasteiger partial charge in [-0.2, -0.15) is 0 Å². The fourth-order valence-electron chi connectivity index (χ4n) is 2.39. The molecule has 0 fully saturated rings. The molecule has 0 radical (unpaired) electrons. The molecule has 0 aromatic rings. The van der Waals surface area contributed by atoms with Gasteiger partial charge < -0.3 is 19.1 Å². The molecule has 0 N–H and O–H groups in total. The van der Waals surface area contributed by atoms with Crippen LogP contribution in [0.2, 0.25) is 0 Å². The van der Waals surface area contributed by atoms with Crippen LogP contribution in [0.15, 0.2) is 0 Å². The molecule has 0 heterocycles. The van der Waals surface area contributed by atoms with Crippen molar-refractivity contribution in [1.82, 2.24) is 4.90 Å². The Kier molecular flexibility index (Phi) is 39.4. The van der Waals surface area contributed by atoms with Gasteiger partial charge in [0, 0.05) is 21.2 Å². The first-order chi connectivity index (χ1) is 13.1. The molecule has 0 spiro atoms. The van der Waals surface area contributed by atoms with E-state index in [2.05, 4.69) is 0 Å². The van der Waals surface area contributed by atoms with Crippen LogP contribution in [0.3, 0.4) is 0 Å². The van der Waals surface area contributed by atoms with Gasteiger partial charge in [0.15, 0.2) is 0 Å². The zero-order chi connectivity index (χ0) is 21.7. The zero-order valence-corrected chi connectivity index (χ0v) is 19.8. The summed E-state index contributed by atoms with van der Waals surface area (Å²) >= 11 is 8.10. The highest BCUT2D eigenvalue weighted by atomic mass is 32.2. The third-order valence-electron chi connectivity index (χ3n) is 3.69. The molecule has 2 atom stereocenters. The molecule has 0 aliphatic carbocycles. The van der Waals surface area contributed by atoms with Crippen molar-refractivity contribution in [2.45, 2.75) is 89.0 Å². The highest BCUT2D eigenvalue weighted by Crippen LogP contribution is 2.32. The Morgan fingerprint density at radius 3 is 2.00 bits per heavy atom. The number of carbonyl (C=O) groups excluding carboxylic acids is 3. The highest BCUT2D eigenvalue weighted by Gasteiger charge is 2.35. The van der Waals surface area contributed by atoms with Gasteiger partial charge in [-0.3, -0.25) is 14.4 Å². The van der Waals surface area contributed by atoms with E-state index >= 15 is 0 Å². The van der Waals surface area contributed by atoms with Crippen molar-refractivity contribution in [3.05, 3.63) is 0 Å². The summed E-state index contributed by atoms with van der Waals surface area (Å²) in [6.07, 6.45) is 0.451. The fourth-order valence-corrected chi connectivity index (χ4v) is 5.18. The number of thioether (sulfide) groups is 2. The molecule has 34 heavy (non-hydrogen) atoms. The van der Waals surface area contributed by atoms with E-state index < -0.39 is 22.7 Å². The Bertz CT molecular complexity index is 531. The lowest BCUT2D eigenvalue weighted by Crippen LogP contribution is -2.38. The molecular formula is C24H55NO6S3. The van der Waals surface area contributed by atoms with Crippen LogP contribution in [-0.4, -0.2) is 77.8 Å². The number of hydrogen-bond acceptors (Lipinski definition) is 9. The maximum absolute atomic E-state index is 12.7. The summed E-state index contributed by atoms with van der Waals surface area (Å²) in [4.78, 5) is 37.6. The molecule has 0 bridgehead atoms. The molecule has 10 heteroatoms. The first-order valence-corrected chi connectivity index (χ1v) is 11.2. The molecule has 0 aliphatic heterocycles. The van der Waals surface area contributed by atoms with Crippen LogP contribution in [-0.2, 0) is 28.6 Å². The first kappa shape index (κ1) is 50.1. The van der Waals surface area contributed by atoms with Crippen LogP contribution in [0.5, 0.6) is 0 Å². The Balaban J connectivity index is -0.000000243. The van der Waals surface area contributed by atoms with Gasteiger partial charge in [0.25, 0.3) is 6.47 Å². The standard InChI is InChI=1S/C18H31NO6S3.6CH4/c1-7-27-17(26)28-14(15(21)19(4)5)10-13(11-18(2,3)25-12-20)16(22)24-9-8-23-6;;;;;;/h12-14H,7-11H2,1-6H3;6*1H4. The van der Waals surface area contributed by atoms with Gasteiger partial charge in [0.1, 0.15) is 15.7 Å². The van der Waals surface area contributed by atoms with Crippen LogP contribution < -0.4 is 0 Å². The highest BCUT2D eigenvalue weighted by molar-refractivity contribution is 8.47. The summed E-state index contributed by atoms with van der Waals surface area (Å²) in [5.41, 5.74) is -0.873. The van der Waals surface area contributed by atoms with Gasteiger partial charge in [-0.05, 0) is 32.4 Å². The average molecular weight is 550 g/mol. The molecule has 0 aromatic carbocycles. The van der Waals surface area contributed by atoms with Crippen molar-refractivity contribution in [1.29, 1.82) is 0 Å². The van der Waals surface area contributed by atoms with Crippen molar-refractivity contribution in [3.8, 4) is 0 Å². The van der Waals surface area contributed by atoms with Crippen molar-refractivity contribution >= 4 is 57.6 Å². The van der Waals surface area contributed by atoms with Gasteiger partial charge in [-0.15, -0.1) is 11.8 Å². The van der Waals surface area contributed by atoms with Crippen LogP contribution >= 0.6 is 35.7 Å². The van der Waals surface area contributed by atoms with E-state index in [-0.39, 0.29) is 76.5 Å². The van der Waals surface area contributed by atoms with Crippen molar-refractivity contribution in [2.24, 2.45) is 5.92 Å². The third kappa shape index (κ3) is 21.7. The molecule has 210 valence electrons. The van der Waals surface area contributed by atoms with Crippen LogP contribution in [0.1, 0.15) is 78.2 Å². The lowest BCUT2D eigenvalue weighted by molar-refractivity contribution is -0.156. The van der Waals surface area contributed by atoms with Gasteiger partial charge in [0.05, 0.1) is 17.8 Å². The molecule has 7 nitrogen and oxygen atoms in total. The Labute approximate surface area is 225 Å². The van der Waals surface area contributed by atoms with E-state index in [4.69, 9.17) is 26.4 Å². The van der Waals surface area contributed by atoms with Crippen molar-refractivity contribution < 1.29 is 28.6 Å². The number of methoxy groups -OCH3 is 1. The Hall–Kier alpha value is -0.840. The minimum absolute atomic E-state index is 0. The lowest BCUT2D eigenvalue weighted by atomic mass is 9.89. The quantitative estimate of drug-likeness (QED) is 0.110. The average Bonchev–Trinajstić information content (AvgIpc) is 2.59. The molecule has 1 amide bonds. The SMILES string of the molecule is C.C.C.C.C.C.CCSC(=S)SC(CC(CC(C)(C)OC=O)C(=O)OCCOC)C(=O)N(C)C. The molecule has 2 unspecified atom stereocenters. The second-order valence-electron chi connectivity index (χ2n) is 6.79. The van der Waals surface area contributed by atoms with Gasteiger partial charge in [-0.25, -0.2) is 0 Å². The number of thiocarbonyl (C=S) groups is 1. The Morgan fingerprint density at radius 1 is 1.06 bits per heavy atom. The number of esters is 1. The summed E-state index contributed by atoms with van der Waals surface area (Å²) in [7, 11) is 4.84. The van der Waals surface area contributed by atoms with Crippen molar-refractivity contribution in [3.63, 3.8) is 0 Å². The van der Waals surface area contributed by atoms with E-state index in [1.165, 1.54) is 35.5 Å². The number of rotatable bonds is 13. The minimum atomic E-state index is -0.873. The number of amides is 1. The molecule has 0 rings (SSSR count). The van der Waals surface area contributed by atoms with E-state index in [0.29, 0.717) is 10.0 Å². The zero-order valence-electron chi connectivity index (χ0n) is 17.4. The van der Waals surface area contributed by atoms with E-state index in [9.17, 15) is 14.4 Å². The smallest absolute Gasteiger partial charge is 0.309 e. The van der Waals surface area contributed by atoms with Gasteiger partial charge in [-0.1, -0.05) is 75.5 Å². The summed E-state index contributed by atoms with van der Waals surface area (Å²) < 4.78 is 15.9. The Morgan fingerprint density at radius 2 is 1.59 bits per heavy atom. The maximum atomic E-state index is 12.7. The van der Waals surface area contributed by atoms with E-state index in [1.54, 1.807) is 27.9 Å². The largest absolute Gasteiger partial charge is 0.463 e. The van der Waals surface area contributed by atoms with Gasteiger partial charge >= 0.3 is 5.97 Å². The predicted molar refractivity (Wildman–Crippen MR) is 158 cm³/mol. The molecule has 0 saturated carbocycles. The second kappa shape index (κ2) is 26.8. The minimum Gasteiger partial charge on any atom is -0.463 e. The summed E-state index contributed by atoms with van der Waals surface area (Å²) in [5, 5.41) is -0.534. The van der Waals surface area contributed by atoms with Crippen molar-refractivity contribution in [2.75, 3.05) is 40.2 Å². The van der Waals surface area contributed by atoms with Crippen LogP contribution in [0.4, 0.5) is 0 Å². The molecular weight excluding hydrogens is 494 g/mol. The van der Waals surface area contributed by atoms with E-state index in [0.717, 1.165) is 5.75 Å². The first-order valence-electron chi connectivity index (χ1n) is 8.89. The number of ether oxygens (including phenoxy) is 3. The summed E-state index contributed by atoms with van der Waals surface area (Å²) in [6, 6.07) is 0. The maximum Gasteiger partial charge on any atom is 0.309 e. The lowest BCUT2D eigenvalue weighted by Gasteiger charge is -2.29. The summed E-state index contributed by atoms with van der Waals surface area (Å²) in [5.74, 6) is -0.418. The fraction of sp³-hybridized carbons (Fsp3) is 0.833. The number of hydrogen-bond donors (Lipinski definition) is 0. The van der Waals surface area contributed by atoms with Gasteiger partial charge in [0.2, 0.25) is 5.91 Å². The normalized spacial score (nSPS) is 11.0. The monoisotopic (exact) mass is 549 g/mol. The number of nitrogens with zero attached hydrogens (tertiary/aromatic N) is 1. The molecule has 0 aromatic heterocycles. The second-order valence-corrected chi connectivity index (χ2v) is 10.5. The van der Waals surface area contributed by atoms with E-state index in [1.807, 2.05) is 6.92 Å². The third-order valence-corrected chi connectivity index (χ3v) is 6.37.